The lowest BCUT2D eigenvalue weighted by Crippen LogP contribution is -2.02. The zero-order valence-corrected chi connectivity index (χ0v) is 12.2. The molecule has 0 radical (unpaired) electrons. The summed E-state index contributed by atoms with van der Waals surface area (Å²) in [4.78, 5) is 8.19. The van der Waals surface area contributed by atoms with Gasteiger partial charge < -0.3 is 4.57 Å². The van der Waals surface area contributed by atoms with Crippen LogP contribution in [-0.2, 0) is 9.84 Å². The van der Waals surface area contributed by atoms with E-state index in [9.17, 15) is 8.42 Å². The lowest BCUT2D eigenvalue weighted by atomic mass is 10.2. The van der Waals surface area contributed by atoms with Crippen LogP contribution in [0.1, 0.15) is 5.56 Å². The Labute approximate surface area is 122 Å². The van der Waals surface area contributed by atoms with Gasteiger partial charge in [0.15, 0.2) is 5.03 Å². The number of imidazole rings is 1. The molecule has 21 heavy (non-hydrogen) atoms. The zero-order valence-electron chi connectivity index (χ0n) is 11.3. The lowest BCUT2D eigenvalue weighted by Gasteiger charge is -2.02. The van der Waals surface area contributed by atoms with Crippen LogP contribution in [0.3, 0.4) is 0 Å². The van der Waals surface area contributed by atoms with Gasteiger partial charge in [-0.2, -0.15) is 0 Å². The number of nitrogens with zero attached hydrogens (tertiary/aromatic N) is 3. The van der Waals surface area contributed by atoms with Crippen LogP contribution in [0.15, 0.2) is 71.2 Å². The highest BCUT2D eigenvalue weighted by Crippen LogP contribution is 2.20. The van der Waals surface area contributed by atoms with Crippen LogP contribution in [0, 0.1) is 6.92 Å². The molecule has 0 fully saturated rings. The molecule has 3 aromatic rings. The van der Waals surface area contributed by atoms with Crippen LogP contribution in [0.2, 0.25) is 0 Å². The number of pyridine rings is 1. The Kier molecular flexibility index (Phi) is 3.31. The van der Waals surface area contributed by atoms with E-state index in [-0.39, 0.29) is 9.92 Å². The summed E-state index contributed by atoms with van der Waals surface area (Å²) >= 11 is 0. The highest BCUT2D eigenvalue weighted by atomic mass is 32.2. The molecular weight excluding hydrogens is 286 g/mol. The molecule has 0 saturated heterocycles. The maximum absolute atomic E-state index is 12.5. The van der Waals surface area contributed by atoms with Crippen LogP contribution in [0.5, 0.6) is 0 Å². The summed E-state index contributed by atoms with van der Waals surface area (Å²) in [7, 11) is -3.59. The van der Waals surface area contributed by atoms with Crippen molar-refractivity contribution < 1.29 is 8.42 Å². The third-order valence-electron chi connectivity index (χ3n) is 3.13. The number of aromatic nitrogens is 3. The number of rotatable bonds is 3. The molecule has 0 spiro atoms. The lowest BCUT2D eigenvalue weighted by molar-refractivity contribution is 0.593. The van der Waals surface area contributed by atoms with Crippen LogP contribution >= 0.6 is 0 Å². The SMILES string of the molecule is Cc1ccc(S(=O)(=O)c2cn(-c3ccncc3)cn2)cc1. The van der Waals surface area contributed by atoms with E-state index in [1.54, 1.807) is 53.4 Å². The van der Waals surface area contributed by atoms with Crippen molar-refractivity contribution in [3.8, 4) is 5.69 Å². The Balaban J connectivity index is 2.01. The first-order valence-electron chi connectivity index (χ1n) is 6.33. The monoisotopic (exact) mass is 299 g/mol. The third kappa shape index (κ3) is 2.57. The summed E-state index contributed by atoms with van der Waals surface area (Å²) in [5.74, 6) is 0. The fourth-order valence-corrected chi connectivity index (χ4v) is 3.11. The molecule has 0 aliphatic heterocycles. The molecule has 3 rings (SSSR count). The smallest absolute Gasteiger partial charge is 0.225 e. The Morgan fingerprint density at radius 2 is 1.67 bits per heavy atom. The van der Waals surface area contributed by atoms with Crippen molar-refractivity contribution in [3.63, 3.8) is 0 Å². The fraction of sp³-hybridized carbons (Fsp3) is 0.0667. The van der Waals surface area contributed by atoms with E-state index in [0.29, 0.717) is 0 Å². The van der Waals surface area contributed by atoms with Crippen molar-refractivity contribution in [1.29, 1.82) is 0 Å². The van der Waals surface area contributed by atoms with E-state index >= 15 is 0 Å². The fourth-order valence-electron chi connectivity index (χ4n) is 1.94. The Bertz CT molecular complexity index is 853. The number of benzene rings is 1. The van der Waals surface area contributed by atoms with Gasteiger partial charge in [-0.25, -0.2) is 13.4 Å². The van der Waals surface area contributed by atoms with Crippen molar-refractivity contribution in [2.24, 2.45) is 0 Å². The minimum Gasteiger partial charge on any atom is -0.305 e. The third-order valence-corrected chi connectivity index (χ3v) is 4.78. The van der Waals surface area contributed by atoms with E-state index in [1.165, 1.54) is 12.5 Å². The Morgan fingerprint density at radius 3 is 2.33 bits per heavy atom. The maximum Gasteiger partial charge on any atom is 0.225 e. The zero-order chi connectivity index (χ0) is 14.9. The van der Waals surface area contributed by atoms with Crippen LogP contribution in [0.4, 0.5) is 0 Å². The van der Waals surface area contributed by atoms with Crippen LogP contribution < -0.4 is 0 Å². The molecule has 0 N–H and O–H groups in total. The van der Waals surface area contributed by atoms with Gasteiger partial charge in [-0.05, 0) is 31.2 Å². The average Bonchev–Trinajstić information content (AvgIpc) is 2.99. The second kappa shape index (κ2) is 5.14. The van der Waals surface area contributed by atoms with Crippen LogP contribution in [-0.4, -0.2) is 23.0 Å². The van der Waals surface area contributed by atoms with Crippen molar-refractivity contribution in [1.82, 2.24) is 14.5 Å². The molecule has 0 atom stereocenters. The molecule has 2 aromatic heterocycles. The van der Waals surface area contributed by atoms with Crippen molar-refractivity contribution in [2.75, 3.05) is 0 Å². The Hall–Kier alpha value is -2.47. The molecule has 0 aliphatic carbocycles. The topological polar surface area (TPSA) is 64.8 Å². The molecule has 0 amide bonds. The second-order valence-electron chi connectivity index (χ2n) is 4.64. The first kappa shape index (κ1) is 13.5. The number of aryl methyl sites for hydroxylation is 1. The van der Waals surface area contributed by atoms with E-state index in [1.807, 2.05) is 6.92 Å². The summed E-state index contributed by atoms with van der Waals surface area (Å²) < 4.78 is 26.7. The molecule has 106 valence electrons. The predicted molar refractivity (Wildman–Crippen MR) is 78.0 cm³/mol. The quantitative estimate of drug-likeness (QED) is 0.745. The number of sulfone groups is 1. The standard InChI is InChI=1S/C15H13N3O2S/c1-12-2-4-14(5-3-12)21(19,20)15-10-18(11-17-15)13-6-8-16-9-7-13/h2-11H,1H3. The maximum atomic E-state index is 12.5. The largest absolute Gasteiger partial charge is 0.305 e. The van der Waals surface area contributed by atoms with Crippen LogP contribution in [0.25, 0.3) is 5.69 Å². The number of hydrogen-bond donors (Lipinski definition) is 0. The van der Waals surface area contributed by atoms with Gasteiger partial charge in [0.25, 0.3) is 0 Å². The average molecular weight is 299 g/mol. The van der Waals surface area contributed by atoms with Gasteiger partial charge in [-0.1, -0.05) is 17.7 Å². The summed E-state index contributed by atoms with van der Waals surface area (Å²) in [6.45, 7) is 1.91. The molecule has 1 aromatic carbocycles. The minimum atomic E-state index is -3.59. The van der Waals surface area contributed by atoms with Gasteiger partial charge in [0.1, 0.15) is 6.33 Å². The Morgan fingerprint density at radius 1 is 1.00 bits per heavy atom. The second-order valence-corrected chi connectivity index (χ2v) is 6.54. The molecule has 0 unspecified atom stereocenters. The molecule has 6 heteroatoms. The predicted octanol–water partition coefficient (Wildman–Crippen LogP) is 2.41. The summed E-state index contributed by atoms with van der Waals surface area (Å²) in [5, 5.41) is 0.0307. The molecule has 2 heterocycles. The van der Waals surface area contributed by atoms with Crippen molar-refractivity contribution >= 4 is 9.84 Å². The van der Waals surface area contributed by atoms with Gasteiger partial charge >= 0.3 is 0 Å². The molecule has 0 aliphatic rings. The van der Waals surface area contributed by atoms with Crippen molar-refractivity contribution in [2.45, 2.75) is 16.8 Å². The molecular formula is C15H13N3O2S. The minimum absolute atomic E-state index is 0.0307. The molecule has 5 nitrogen and oxygen atoms in total. The van der Waals surface area contributed by atoms with E-state index in [4.69, 9.17) is 0 Å². The van der Waals surface area contributed by atoms with Gasteiger partial charge in [-0.15, -0.1) is 0 Å². The summed E-state index contributed by atoms with van der Waals surface area (Å²) in [6.07, 6.45) is 6.27. The van der Waals surface area contributed by atoms with Gasteiger partial charge in [0.2, 0.25) is 9.84 Å². The van der Waals surface area contributed by atoms with Gasteiger partial charge in [0, 0.05) is 24.3 Å². The molecule has 0 saturated carbocycles. The highest BCUT2D eigenvalue weighted by molar-refractivity contribution is 7.91. The van der Waals surface area contributed by atoms with E-state index < -0.39 is 9.84 Å². The molecule has 0 bridgehead atoms. The summed E-state index contributed by atoms with van der Waals surface area (Å²) in [5.41, 5.74) is 1.82. The highest BCUT2D eigenvalue weighted by Gasteiger charge is 2.20. The normalized spacial score (nSPS) is 11.5. The first-order chi connectivity index (χ1) is 10.1. The van der Waals surface area contributed by atoms with Crippen molar-refractivity contribution in [3.05, 3.63) is 66.9 Å². The summed E-state index contributed by atoms with van der Waals surface area (Å²) in [6, 6.07) is 10.3. The first-order valence-corrected chi connectivity index (χ1v) is 7.82. The van der Waals surface area contributed by atoms with E-state index in [2.05, 4.69) is 9.97 Å². The van der Waals surface area contributed by atoms with E-state index in [0.717, 1.165) is 11.3 Å². The number of hydrogen-bond acceptors (Lipinski definition) is 4. The van der Waals surface area contributed by atoms with Gasteiger partial charge in [0.05, 0.1) is 4.90 Å². The van der Waals surface area contributed by atoms with Gasteiger partial charge in [-0.3, -0.25) is 4.98 Å².